The van der Waals surface area contributed by atoms with Crippen LogP contribution in [-0.4, -0.2) is 26.6 Å². The molecular weight excluding hydrogens is 398 g/mol. The van der Waals surface area contributed by atoms with E-state index in [0.29, 0.717) is 22.8 Å². The Morgan fingerprint density at radius 1 is 1.23 bits per heavy atom. The van der Waals surface area contributed by atoms with Crippen LogP contribution in [0.2, 0.25) is 0 Å². The van der Waals surface area contributed by atoms with Crippen LogP contribution >= 0.6 is 11.3 Å². The molecule has 30 heavy (non-hydrogen) atoms. The van der Waals surface area contributed by atoms with Crippen LogP contribution < -0.4 is 10.6 Å². The monoisotopic (exact) mass is 423 g/mol. The highest BCUT2D eigenvalue weighted by atomic mass is 32.1. The highest BCUT2D eigenvalue weighted by Crippen LogP contribution is 2.31. The molecule has 0 aliphatic carbocycles. The van der Waals surface area contributed by atoms with E-state index in [1.165, 1.54) is 11.3 Å². The van der Waals surface area contributed by atoms with Gasteiger partial charge >= 0.3 is 0 Å². The van der Waals surface area contributed by atoms with Crippen molar-refractivity contribution in [2.75, 3.05) is 10.6 Å². The summed E-state index contributed by atoms with van der Waals surface area (Å²) in [6.45, 7) is 9.95. The number of aromatic nitrogens is 3. The molecule has 0 radical (unpaired) electrons. The number of hydrogen-bond acceptors (Lipinski definition) is 5. The highest BCUT2D eigenvalue weighted by molar-refractivity contribution is 7.14. The van der Waals surface area contributed by atoms with Crippen molar-refractivity contribution >= 4 is 34.0 Å². The molecule has 0 spiro atoms. The fourth-order valence-corrected chi connectivity index (χ4v) is 4.51. The lowest BCUT2D eigenvalue weighted by Crippen LogP contribution is -2.25. The largest absolute Gasteiger partial charge is 0.326 e. The lowest BCUT2D eigenvalue weighted by atomic mass is 9.99. The minimum absolute atomic E-state index is 0.0503. The minimum atomic E-state index is -0.201. The summed E-state index contributed by atoms with van der Waals surface area (Å²) in [4.78, 5) is 29.1. The number of amides is 2. The number of fused-ring (bicyclic) bond motifs is 1. The van der Waals surface area contributed by atoms with E-state index in [-0.39, 0.29) is 17.4 Å². The van der Waals surface area contributed by atoms with E-state index in [0.717, 1.165) is 34.6 Å². The summed E-state index contributed by atoms with van der Waals surface area (Å²) in [7, 11) is 0. The van der Waals surface area contributed by atoms with E-state index in [2.05, 4.69) is 47.6 Å². The zero-order chi connectivity index (χ0) is 21.6. The number of carbonyl (C=O) groups excluding carboxylic acids is 2. The van der Waals surface area contributed by atoms with Gasteiger partial charge in [0.2, 0.25) is 5.91 Å². The molecule has 0 saturated carbocycles. The number of thiazole rings is 1. The molecule has 2 amide bonds. The average Bonchev–Trinajstić information content (AvgIpc) is 3.25. The van der Waals surface area contributed by atoms with Crippen molar-refractivity contribution in [3.8, 4) is 11.3 Å². The van der Waals surface area contributed by atoms with Crippen LogP contribution in [0.3, 0.4) is 0 Å². The van der Waals surface area contributed by atoms with Gasteiger partial charge in [0.05, 0.1) is 22.5 Å². The van der Waals surface area contributed by atoms with Crippen molar-refractivity contribution in [2.24, 2.45) is 0 Å². The summed E-state index contributed by atoms with van der Waals surface area (Å²) in [5.41, 5.74) is 5.66. The Morgan fingerprint density at radius 3 is 2.70 bits per heavy atom. The first-order valence-electron chi connectivity index (χ1n) is 9.90. The van der Waals surface area contributed by atoms with Gasteiger partial charge in [-0.15, -0.1) is 11.3 Å². The van der Waals surface area contributed by atoms with Gasteiger partial charge in [-0.05, 0) is 58.7 Å². The van der Waals surface area contributed by atoms with E-state index in [1.54, 1.807) is 0 Å². The quantitative estimate of drug-likeness (QED) is 0.648. The molecule has 0 unspecified atom stereocenters. The average molecular weight is 424 g/mol. The zero-order valence-corrected chi connectivity index (χ0v) is 18.6. The van der Waals surface area contributed by atoms with Crippen LogP contribution in [0, 0.1) is 13.8 Å². The topological polar surface area (TPSA) is 88.9 Å². The second kappa shape index (κ2) is 7.36. The van der Waals surface area contributed by atoms with E-state index in [4.69, 9.17) is 0 Å². The van der Waals surface area contributed by atoms with Crippen molar-refractivity contribution in [1.82, 2.24) is 14.8 Å². The molecular formula is C22H25N5O2S. The number of nitrogens with zero attached hydrogens (tertiary/aromatic N) is 3. The molecule has 0 saturated heterocycles. The maximum absolute atomic E-state index is 12.9. The molecule has 1 aromatic carbocycles. The Balaban J connectivity index is 1.55. The van der Waals surface area contributed by atoms with Crippen LogP contribution in [0.15, 0.2) is 23.6 Å². The Bertz CT molecular complexity index is 1150. The van der Waals surface area contributed by atoms with Crippen molar-refractivity contribution in [1.29, 1.82) is 0 Å². The molecule has 2 N–H and O–H groups in total. The third kappa shape index (κ3) is 3.75. The van der Waals surface area contributed by atoms with Crippen LogP contribution in [0.4, 0.5) is 10.8 Å². The standard InChI is InChI=1S/C22H25N5O2S/c1-12-19(13(2)27(26-12)22(3,4)5)20(29)25-21-24-17(11-30-21)15-6-8-16-14(10-15)7-9-18(28)23-16/h6,8,10-11H,7,9H2,1-5H3,(H,23,28)(H,24,25,29). The van der Waals surface area contributed by atoms with Gasteiger partial charge in [-0.3, -0.25) is 19.6 Å². The fourth-order valence-electron chi connectivity index (χ4n) is 3.79. The van der Waals surface area contributed by atoms with Gasteiger partial charge in [-0.25, -0.2) is 4.98 Å². The van der Waals surface area contributed by atoms with Gasteiger partial charge < -0.3 is 5.32 Å². The van der Waals surface area contributed by atoms with E-state index in [9.17, 15) is 9.59 Å². The fraction of sp³-hybridized carbons (Fsp3) is 0.364. The maximum Gasteiger partial charge on any atom is 0.261 e. The summed E-state index contributed by atoms with van der Waals surface area (Å²) in [6, 6.07) is 5.90. The molecule has 0 bridgehead atoms. The summed E-state index contributed by atoms with van der Waals surface area (Å²) < 4.78 is 1.89. The molecule has 156 valence electrons. The van der Waals surface area contributed by atoms with E-state index in [1.807, 2.05) is 36.0 Å². The number of rotatable bonds is 3. The predicted octanol–water partition coefficient (Wildman–Crippen LogP) is 4.52. The number of hydrogen-bond donors (Lipinski definition) is 2. The normalized spacial score (nSPS) is 13.7. The van der Waals surface area contributed by atoms with Gasteiger partial charge in [0.15, 0.2) is 5.13 Å². The first-order chi connectivity index (χ1) is 14.1. The summed E-state index contributed by atoms with van der Waals surface area (Å²) in [5, 5.41) is 12.8. The van der Waals surface area contributed by atoms with Crippen LogP contribution in [-0.2, 0) is 16.8 Å². The molecule has 8 heteroatoms. The first kappa shape index (κ1) is 20.3. The van der Waals surface area contributed by atoms with Gasteiger partial charge in [0.1, 0.15) is 0 Å². The van der Waals surface area contributed by atoms with Crippen molar-refractivity contribution in [2.45, 2.75) is 53.0 Å². The van der Waals surface area contributed by atoms with Crippen molar-refractivity contribution < 1.29 is 9.59 Å². The molecule has 3 aromatic rings. The molecule has 0 fully saturated rings. The van der Waals surface area contributed by atoms with Crippen LogP contribution in [0.5, 0.6) is 0 Å². The molecule has 3 heterocycles. The second-order valence-corrected chi connectivity index (χ2v) is 9.40. The van der Waals surface area contributed by atoms with Gasteiger partial charge in [-0.2, -0.15) is 5.10 Å². The lowest BCUT2D eigenvalue weighted by Gasteiger charge is -2.21. The second-order valence-electron chi connectivity index (χ2n) is 8.54. The molecule has 2 aromatic heterocycles. The smallest absolute Gasteiger partial charge is 0.261 e. The Morgan fingerprint density at radius 2 is 2.00 bits per heavy atom. The third-order valence-corrected chi connectivity index (χ3v) is 5.93. The Hall–Kier alpha value is -3.00. The molecule has 1 aliphatic rings. The molecule has 7 nitrogen and oxygen atoms in total. The summed E-state index contributed by atoms with van der Waals surface area (Å²) in [6.07, 6.45) is 1.22. The Labute approximate surface area is 179 Å². The van der Waals surface area contributed by atoms with Gasteiger partial charge in [0, 0.05) is 28.7 Å². The van der Waals surface area contributed by atoms with Gasteiger partial charge in [0.25, 0.3) is 5.91 Å². The van der Waals surface area contributed by atoms with Crippen molar-refractivity contribution in [3.05, 3.63) is 46.1 Å². The predicted molar refractivity (Wildman–Crippen MR) is 119 cm³/mol. The first-order valence-corrected chi connectivity index (χ1v) is 10.8. The van der Waals surface area contributed by atoms with Gasteiger partial charge in [-0.1, -0.05) is 6.07 Å². The van der Waals surface area contributed by atoms with E-state index < -0.39 is 0 Å². The summed E-state index contributed by atoms with van der Waals surface area (Å²) >= 11 is 1.39. The van der Waals surface area contributed by atoms with Crippen LogP contribution in [0.1, 0.15) is 54.5 Å². The third-order valence-electron chi connectivity index (χ3n) is 5.17. The van der Waals surface area contributed by atoms with Crippen LogP contribution in [0.25, 0.3) is 11.3 Å². The highest BCUT2D eigenvalue weighted by Gasteiger charge is 2.25. The van der Waals surface area contributed by atoms with Crippen molar-refractivity contribution in [3.63, 3.8) is 0 Å². The SMILES string of the molecule is Cc1nn(C(C)(C)C)c(C)c1C(=O)Nc1nc(-c2ccc3c(c2)CCC(=O)N3)cs1. The number of carbonyl (C=O) groups is 2. The number of aryl methyl sites for hydroxylation is 2. The molecule has 4 rings (SSSR count). The Kier molecular flexibility index (Phi) is 4.97. The van der Waals surface area contributed by atoms with E-state index >= 15 is 0 Å². The number of anilines is 2. The molecule has 0 atom stereocenters. The maximum atomic E-state index is 12.9. The number of benzene rings is 1. The summed E-state index contributed by atoms with van der Waals surface area (Å²) in [5.74, 6) is -0.149. The number of nitrogens with one attached hydrogen (secondary N) is 2. The minimum Gasteiger partial charge on any atom is -0.326 e. The molecule has 1 aliphatic heterocycles. The lowest BCUT2D eigenvalue weighted by molar-refractivity contribution is -0.116. The zero-order valence-electron chi connectivity index (χ0n) is 17.8.